The number of rotatable bonds is 5. The molecule has 1 aromatic heterocycles. The maximum absolute atomic E-state index is 10.4. The van der Waals surface area contributed by atoms with Crippen LogP contribution < -0.4 is 5.73 Å². The summed E-state index contributed by atoms with van der Waals surface area (Å²) in [5, 5.41) is 14.6. The number of aliphatic hydroxyl groups excluding tert-OH is 1. The number of benzene rings is 1. The minimum absolute atomic E-state index is 0.396. The quantitative estimate of drug-likeness (QED) is 0.821. The lowest BCUT2D eigenvalue weighted by Gasteiger charge is -2.15. The van der Waals surface area contributed by atoms with Crippen LogP contribution in [-0.4, -0.2) is 19.9 Å². The molecule has 0 aliphatic carbocycles. The number of aliphatic hydroxyl groups is 1. The maximum Gasteiger partial charge on any atom is 0.138 e. The van der Waals surface area contributed by atoms with Crippen molar-refractivity contribution in [3.8, 4) is 0 Å². The summed E-state index contributed by atoms with van der Waals surface area (Å²) in [6.45, 7) is 5.03. The maximum atomic E-state index is 10.4. The lowest BCUT2D eigenvalue weighted by atomic mass is 10.0. The van der Waals surface area contributed by atoms with Gasteiger partial charge in [0.05, 0.1) is 6.10 Å². The molecular weight excluding hydrogens is 320 g/mol. The summed E-state index contributed by atoms with van der Waals surface area (Å²) in [5.74, 6) is 1.24. The highest BCUT2D eigenvalue weighted by atomic mass is 79.9. The summed E-state index contributed by atoms with van der Waals surface area (Å²) < 4.78 is 2.73. The molecule has 6 heteroatoms. The molecule has 1 unspecified atom stereocenters. The Bertz CT molecular complexity index is 582. The molecule has 1 atom stereocenters. The summed E-state index contributed by atoms with van der Waals surface area (Å²) in [6.07, 6.45) is 1.23. The van der Waals surface area contributed by atoms with E-state index in [0.29, 0.717) is 23.6 Å². The summed E-state index contributed by atoms with van der Waals surface area (Å²) in [6, 6.07) is 5.47. The highest BCUT2D eigenvalue weighted by molar-refractivity contribution is 9.10. The summed E-state index contributed by atoms with van der Waals surface area (Å²) >= 11 is 3.39. The van der Waals surface area contributed by atoms with Gasteiger partial charge in [-0.2, -0.15) is 5.10 Å². The molecule has 0 radical (unpaired) electrons. The van der Waals surface area contributed by atoms with Gasteiger partial charge in [0.25, 0.3) is 0 Å². The number of nitrogen functional groups attached to an aromatic ring is 1. The molecule has 0 aliphatic heterocycles. The van der Waals surface area contributed by atoms with E-state index in [2.05, 4.69) is 39.9 Å². The third-order valence-corrected chi connectivity index (χ3v) is 3.51. The molecular formula is C14H19BrN4O. The van der Waals surface area contributed by atoms with Crippen LogP contribution in [0.15, 0.2) is 29.0 Å². The van der Waals surface area contributed by atoms with Crippen molar-refractivity contribution in [2.45, 2.75) is 32.9 Å². The monoisotopic (exact) mass is 338 g/mol. The molecule has 1 aromatic carbocycles. The van der Waals surface area contributed by atoms with Crippen LogP contribution in [0.1, 0.15) is 31.3 Å². The van der Waals surface area contributed by atoms with E-state index in [1.807, 2.05) is 16.8 Å². The van der Waals surface area contributed by atoms with Gasteiger partial charge in [-0.1, -0.05) is 29.8 Å². The molecule has 0 saturated heterocycles. The van der Waals surface area contributed by atoms with Crippen LogP contribution in [0, 0.1) is 5.92 Å². The second-order valence-electron chi connectivity index (χ2n) is 5.25. The van der Waals surface area contributed by atoms with Gasteiger partial charge in [0.1, 0.15) is 12.2 Å². The second kappa shape index (κ2) is 6.37. The molecule has 0 saturated carbocycles. The van der Waals surface area contributed by atoms with Crippen molar-refractivity contribution in [1.29, 1.82) is 0 Å². The number of aromatic nitrogens is 3. The predicted octanol–water partition coefficient (Wildman–Crippen LogP) is 2.55. The minimum Gasteiger partial charge on any atom is -0.398 e. The van der Waals surface area contributed by atoms with Gasteiger partial charge in [0.2, 0.25) is 0 Å². The second-order valence-corrected chi connectivity index (χ2v) is 6.16. The van der Waals surface area contributed by atoms with Crippen molar-refractivity contribution in [2.75, 3.05) is 5.73 Å². The van der Waals surface area contributed by atoms with Crippen LogP contribution >= 0.6 is 15.9 Å². The fourth-order valence-electron chi connectivity index (χ4n) is 2.06. The number of hydrogen-bond donors (Lipinski definition) is 2. The Hall–Kier alpha value is -1.40. The van der Waals surface area contributed by atoms with Crippen LogP contribution in [-0.2, 0) is 13.0 Å². The standard InChI is InChI=1S/C14H19BrN4O/c1-9(2)7-19-14(17-8-18-19)6-13(20)11-5-10(15)3-4-12(11)16/h3-5,8-9,13,20H,6-7,16H2,1-2H3. The van der Waals surface area contributed by atoms with Crippen molar-refractivity contribution in [3.05, 3.63) is 40.4 Å². The smallest absolute Gasteiger partial charge is 0.138 e. The Morgan fingerprint density at radius 1 is 1.40 bits per heavy atom. The van der Waals surface area contributed by atoms with Crippen LogP contribution in [0.3, 0.4) is 0 Å². The van der Waals surface area contributed by atoms with Crippen molar-refractivity contribution >= 4 is 21.6 Å². The molecule has 2 aromatic rings. The lowest BCUT2D eigenvalue weighted by Crippen LogP contribution is -2.14. The Balaban J connectivity index is 2.17. The average molecular weight is 339 g/mol. The number of nitrogens with zero attached hydrogens (tertiary/aromatic N) is 3. The van der Waals surface area contributed by atoms with Crippen LogP contribution in [0.2, 0.25) is 0 Å². The third kappa shape index (κ3) is 3.58. The van der Waals surface area contributed by atoms with E-state index in [1.165, 1.54) is 6.33 Å². The van der Waals surface area contributed by atoms with Gasteiger partial charge in [-0.05, 0) is 24.1 Å². The van der Waals surface area contributed by atoms with Gasteiger partial charge in [-0.15, -0.1) is 0 Å². The van der Waals surface area contributed by atoms with Crippen LogP contribution in [0.25, 0.3) is 0 Å². The summed E-state index contributed by atoms with van der Waals surface area (Å²) in [7, 11) is 0. The fraction of sp³-hybridized carbons (Fsp3) is 0.429. The fourth-order valence-corrected chi connectivity index (χ4v) is 2.44. The molecule has 0 aliphatic rings. The van der Waals surface area contributed by atoms with Gasteiger partial charge in [0, 0.05) is 28.7 Å². The molecule has 5 nitrogen and oxygen atoms in total. The molecule has 1 heterocycles. The van der Waals surface area contributed by atoms with E-state index in [0.717, 1.165) is 16.8 Å². The molecule has 20 heavy (non-hydrogen) atoms. The Kier molecular flexibility index (Phi) is 4.77. The first-order chi connectivity index (χ1) is 9.47. The summed E-state index contributed by atoms with van der Waals surface area (Å²) in [4.78, 5) is 4.23. The van der Waals surface area contributed by atoms with E-state index in [9.17, 15) is 5.11 Å². The molecule has 0 spiro atoms. The highest BCUT2D eigenvalue weighted by Crippen LogP contribution is 2.26. The molecule has 2 rings (SSSR count). The zero-order valence-corrected chi connectivity index (χ0v) is 13.2. The zero-order chi connectivity index (χ0) is 14.7. The lowest BCUT2D eigenvalue weighted by molar-refractivity contribution is 0.174. The topological polar surface area (TPSA) is 77.0 Å². The van der Waals surface area contributed by atoms with E-state index in [-0.39, 0.29) is 0 Å². The Labute approximate surface area is 127 Å². The molecule has 0 amide bonds. The van der Waals surface area contributed by atoms with Crippen molar-refractivity contribution in [2.24, 2.45) is 5.92 Å². The van der Waals surface area contributed by atoms with Crippen LogP contribution in [0.5, 0.6) is 0 Å². The third-order valence-electron chi connectivity index (χ3n) is 3.02. The van der Waals surface area contributed by atoms with Gasteiger partial charge in [-0.3, -0.25) is 0 Å². The van der Waals surface area contributed by atoms with E-state index < -0.39 is 6.10 Å². The van der Waals surface area contributed by atoms with Gasteiger partial charge in [-0.25, -0.2) is 9.67 Å². The first-order valence-electron chi connectivity index (χ1n) is 6.57. The average Bonchev–Trinajstić information content (AvgIpc) is 2.78. The first-order valence-corrected chi connectivity index (χ1v) is 7.36. The molecule has 0 bridgehead atoms. The van der Waals surface area contributed by atoms with Gasteiger partial charge in [0.15, 0.2) is 0 Å². The van der Waals surface area contributed by atoms with E-state index in [1.54, 1.807) is 6.07 Å². The predicted molar refractivity (Wildman–Crippen MR) is 82.1 cm³/mol. The zero-order valence-electron chi connectivity index (χ0n) is 11.6. The van der Waals surface area contributed by atoms with Crippen molar-refractivity contribution < 1.29 is 5.11 Å². The number of hydrogen-bond acceptors (Lipinski definition) is 4. The van der Waals surface area contributed by atoms with E-state index >= 15 is 0 Å². The Morgan fingerprint density at radius 3 is 2.85 bits per heavy atom. The van der Waals surface area contributed by atoms with Gasteiger partial charge < -0.3 is 10.8 Å². The number of halogens is 1. The highest BCUT2D eigenvalue weighted by Gasteiger charge is 2.16. The van der Waals surface area contributed by atoms with Crippen LogP contribution in [0.4, 0.5) is 5.69 Å². The Morgan fingerprint density at radius 2 is 2.15 bits per heavy atom. The minimum atomic E-state index is -0.692. The molecule has 108 valence electrons. The normalized spacial score (nSPS) is 12.8. The molecule has 3 N–H and O–H groups in total. The first kappa shape index (κ1) is 15.0. The van der Waals surface area contributed by atoms with Gasteiger partial charge >= 0.3 is 0 Å². The van der Waals surface area contributed by atoms with Crippen molar-refractivity contribution in [3.63, 3.8) is 0 Å². The summed E-state index contributed by atoms with van der Waals surface area (Å²) in [5.41, 5.74) is 7.20. The molecule has 0 fully saturated rings. The number of nitrogens with two attached hydrogens (primary N) is 1. The number of anilines is 1. The van der Waals surface area contributed by atoms with E-state index in [4.69, 9.17) is 5.73 Å². The largest absolute Gasteiger partial charge is 0.398 e. The van der Waals surface area contributed by atoms with Crippen molar-refractivity contribution in [1.82, 2.24) is 14.8 Å². The SMILES string of the molecule is CC(C)Cn1ncnc1CC(O)c1cc(Br)ccc1N.